The first-order chi connectivity index (χ1) is 8.79. The van der Waals surface area contributed by atoms with E-state index in [0.29, 0.717) is 5.92 Å². The maximum absolute atomic E-state index is 4.27. The molecule has 5 heteroatoms. The molecule has 1 N–H and O–H groups in total. The third kappa shape index (κ3) is 3.78. The lowest BCUT2D eigenvalue weighted by Gasteiger charge is -2.20. The highest BCUT2D eigenvalue weighted by atomic mass is 15.3. The molecule has 2 rings (SSSR count). The van der Waals surface area contributed by atoms with Crippen molar-refractivity contribution in [1.82, 2.24) is 25.0 Å². The Morgan fingerprint density at radius 3 is 2.89 bits per heavy atom. The molecule has 0 bridgehead atoms. The first-order valence-electron chi connectivity index (χ1n) is 7.09. The van der Waals surface area contributed by atoms with E-state index in [4.69, 9.17) is 0 Å². The van der Waals surface area contributed by atoms with Crippen molar-refractivity contribution >= 4 is 0 Å². The van der Waals surface area contributed by atoms with E-state index in [-0.39, 0.29) is 0 Å². The highest BCUT2D eigenvalue weighted by Crippen LogP contribution is 2.09. The van der Waals surface area contributed by atoms with Crippen LogP contribution in [0.25, 0.3) is 0 Å². The molecule has 1 aliphatic rings. The predicted molar refractivity (Wildman–Crippen MR) is 72.2 cm³/mol. The van der Waals surface area contributed by atoms with E-state index in [2.05, 4.69) is 34.1 Å². The van der Waals surface area contributed by atoms with Crippen LogP contribution in [0.4, 0.5) is 0 Å². The van der Waals surface area contributed by atoms with Gasteiger partial charge in [0, 0.05) is 13.1 Å². The van der Waals surface area contributed by atoms with Crippen molar-refractivity contribution in [3.63, 3.8) is 0 Å². The highest BCUT2D eigenvalue weighted by molar-refractivity contribution is 4.83. The summed E-state index contributed by atoms with van der Waals surface area (Å²) in [7, 11) is 0. The summed E-state index contributed by atoms with van der Waals surface area (Å²) in [5, 5.41) is 7.66. The first-order valence-corrected chi connectivity index (χ1v) is 7.09. The SMILES string of the molecule is CCn1ncnc1CNCC(C)CN1CCCC1. The van der Waals surface area contributed by atoms with Gasteiger partial charge in [0.25, 0.3) is 0 Å². The van der Waals surface area contributed by atoms with Gasteiger partial charge in [0.05, 0.1) is 6.54 Å². The number of aromatic nitrogens is 3. The topological polar surface area (TPSA) is 46.0 Å². The molecule has 2 heterocycles. The van der Waals surface area contributed by atoms with Crippen molar-refractivity contribution in [2.24, 2.45) is 5.92 Å². The number of rotatable bonds is 7. The van der Waals surface area contributed by atoms with E-state index >= 15 is 0 Å². The average Bonchev–Trinajstić information content (AvgIpc) is 3.00. The molecule has 1 aromatic heterocycles. The monoisotopic (exact) mass is 251 g/mol. The fourth-order valence-electron chi connectivity index (χ4n) is 2.59. The summed E-state index contributed by atoms with van der Waals surface area (Å²) in [5.41, 5.74) is 0. The second-order valence-electron chi connectivity index (χ2n) is 5.24. The Kier molecular flexibility index (Phi) is 5.13. The van der Waals surface area contributed by atoms with Crippen LogP contribution in [0.2, 0.25) is 0 Å². The minimum Gasteiger partial charge on any atom is -0.310 e. The van der Waals surface area contributed by atoms with Gasteiger partial charge in [-0.15, -0.1) is 0 Å². The molecular weight excluding hydrogens is 226 g/mol. The molecular formula is C13H25N5. The van der Waals surface area contributed by atoms with Crippen LogP contribution in [-0.4, -0.2) is 45.8 Å². The van der Waals surface area contributed by atoms with Gasteiger partial charge in [0.15, 0.2) is 0 Å². The van der Waals surface area contributed by atoms with Gasteiger partial charge in [-0.05, 0) is 45.3 Å². The Labute approximate surface area is 110 Å². The number of aryl methyl sites for hydroxylation is 1. The zero-order valence-corrected chi connectivity index (χ0v) is 11.6. The van der Waals surface area contributed by atoms with Crippen LogP contribution < -0.4 is 5.32 Å². The van der Waals surface area contributed by atoms with Crippen LogP contribution >= 0.6 is 0 Å². The average molecular weight is 251 g/mol. The zero-order chi connectivity index (χ0) is 12.8. The summed E-state index contributed by atoms with van der Waals surface area (Å²) in [6.07, 6.45) is 4.38. The summed E-state index contributed by atoms with van der Waals surface area (Å²) in [5.74, 6) is 1.73. The van der Waals surface area contributed by atoms with Crippen LogP contribution in [-0.2, 0) is 13.1 Å². The van der Waals surface area contributed by atoms with Crippen LogP contribution in [0.3, 0.4) is 0 Å². The lowest BCUT2D eigenvalue weighted by molar-refractivity contribution is 0.282. The van der Waals surface area contributed by atoms with Gasteiger partial charge in [-0.1, -0.05) is 6.92 Å². The summed E-state index contributed by atoms with van der Waals surface area (Å²) in [6.45, 7) is 11.0. The summed E-state index contributed by atoms with van der Waals surface area (Å²) < 4.78 is 1.94. The van der Waals surface area contributed by atoms with Crippen LogP contribution in [0.1, 0.15) is 32.5 Å². The normalized spacial score (nSPS) is 18.3. The molecule has 102 valence electrons. The highest BCUT2D eigenvalue weighted by Gasteiger charge is 2.14. The predicted octanol–water partition coefficient (Wildman–Crippen LogP) is 1.12. The smallest absolute Gasteiger partial charge is 0.140 e. The molecule has 0 spiro atoms. The van der Waals surface area contributed by atoms with Gasteiger partial charge in [0.1, 0.15) is 12.2 Å². The fraction of sp³-hybridized carbons (Fsp3) is 0.846. The Bertz CT molecular complexity index is 343. The van der Waals surface area contributed by atoms with Crippen molar-refractivity contribution in [3.8, 4) is 0 Å². The molecule has 18 heavy (non-hydrogen) atoms. The number of hydrogen-bond donors (Lipinski definition) is 1. The Hall–Kier alpha value is -0.940. The van der Waals surface area contributed by atoms with Crippen molar-refractivity contribution in [2.45, 2.75) is 39.8 Å². The summed E-state index contributed by atoms with van der Waals surface area (Å²) in [4.78, 5) is 6.84. The zero-order valence-electron chi connectivity index (χ0n) is 11.6. The van der Waals surface area contributed by atoms with Crippen molar-refractivity contribution in [3.05, 3.63) is 12.2 Å². The molecule has 0 radical (unpaired) electrons. The standard InChI is InChI=1S/C13H25N5/c1-3-18-13(15-11-16-18)9-14-8-12(2)10-17-6-4-5-7-17/h11-12,14H,3-10H2,1-2H3. The number of nitrogens with zero attached hydrogens (tertiary/aromatic N) is 4. The van der Waals surface area contributed by atoms with Gasteiger partial charge in [-0.25, -0.2) is 9.67 Å². The van der Waals surface area contributed by atoms with Crippen LogP contribution in [0.15, 0.2) is 6.33 Å². The third-order valence-electron chi connectivity index (χ3n) is 3.54. The van der Waals surface area contributed by atoms with Gasteiger partial charge in [-0.2, -0.15) is 5.10 Å². The van der Waals surface area contributed by atoms with Gasteiger partial charge >= 0.3 is 0 Å². The molecule has 0 saturated carbocycles. The largest absolute Gasteiger partial charge is 0.310 e. The second-order valence-corrected chi connectivity index (χ2v) is 5.24. The number of hydrogen-bond acceptors (Lipinski definition) is 4. The maximum atomic E-state index is 4.27. The first kappa shape index (κ1) is 13.5. The van der Waals surface area contributed by atoms with E-state index in [1.165, 1.54) is 32.5 Å². The van der Waals surface area contributed by atoms with Gasteiger partial charge in [0.2, 0.25) is 0 Å². The van der Waals surface area contributed by atoms with Crippen molar-refractivity contribution in [2.75, 3.05) is 26.2 Å². The van der Waals surface area contributed by atoms with Crippen LogP contribution in [0.5, 0.6) is 0 Å². The molecule has 1 fully saturated rings. The molecule has 0 aromatic carbocycles. The van der Waals surface area contributed by atoms with Crippen LogP contribution in [0, 0.1) is 5.92 Å². The molecule has 0 aliphatic carbocycles. The molecule has 1 saturated heterocycles. The fourth-order valence-corrected chi connectivity index (χ4v) is 2.59. The minimum atomic E-state index is 0.695. The quantitative estimate of drug-likeness (QED) is 0.789. The molecule has 1 unspecified atom stereocenters. The molecule has 5 nitrogen and oxygen atoms in total. The van der Waals surface area contributed by atoms with E-state index < -0.39 is 0 Å². The Morgan fingerprint density at radius 1 is 1.39 bits per heavy atom. The summed E-state index contributed by atoms with van der Waals surface area (Å²) in [6, 6.07) is 0. The lowest BCUT2D eigenvalue weighted by atomic mass is 10.1. The maximum Gasteiger partial charge on any atom is 0.140 e. The van der Waals surface area contributed by atoms with E-state index in [1.54, 1.807) is 6.33 Å². The van der Waals surface area contributed by atoms with Gasteiger partial charge in [-0.3, -0.25) is 0 Å². The Morgan fingerprint density at radius 2 is 2.17 bits per heavy atom. The number of nitrogens with one attached hydrogen (secondary N) is 1. The molecule has 1 aromatic rings. The minimum absolute atomic E-state index is 0.695. The van der Waals surface area contributed by atoms with E-state index in [0.717, 1.165) is 25.5 Å². The van der Waals surface area contributed by atoms with Crippen molar-refractivity contribution in [1.29, 1.82) is 0 Å². The third-order valence-corrected chi connectivity index (χ3v) is 3.54. The Balaban J connectivity index is 1.65. The molecule has 1 atom stereocenters. The van der Waals surface area contributed by atoms with E-state index in [9.17, 15) is 0 Å². The lowest BCUT2D eigenvalue weighted by Crippen LogP contribution is -2.32. The van der Waals surface area contributed by atoms with Crippen molar-refractivity contribution < 1.29 is 0 Å². The molecule has 1 aliphatic heterocycles. The number of likely N-dealkylation sites (tertiary alicyclic amines) is 1. The summed E-state index contributed by atoms with van der Waals surface area (Å²) >= 11 is 0. The van der Waals surface area contributed by atoms with E-state index in [1.807, 2.05) is 4.68 Å². The van der Waals surface area contributed by atoms with Gasteiger partial charge < -0.3 is 10.2 Å². The molecule has 0 amide bonds. The second kappa shape index (κ2) is 6.85.